The third kappa shape index (κ3) is 7.34. The van der Waals surface area contributed by atoms with Crippen LogP contribution >= 0.6 is 0 Å². The molecule has 11 heteroatoms. The van der Waals surface area contributed by atoms with E-state index in [2.05, 4.69) is 15.2 Å². The van der Waals surface area contributed by atoms with Crippen molar-refractivity contribution in [2.75, 3.05) is 26.2 Å². The summed E-state index contributed by atoms with van der Waals surface area (Å²) in [7, 11) is 0. The highest BCUT2D eigenvalue weighted by atomic mass is 19.1. The number of carbonyl (C=O) groups is 4. The van der Waals surface area contributed by atoms with Crippen LogP contribution in [0.4, 0.5) is 4.39 Å². The second kappa shape index (κ2) is 14.2. The molecule has 4 amide bonds. The Kier molecular flexibility index (Phi) is 10.1. The molecule has 0 aliphatic carbocycles. The molecular weight excluding hydrogens is 575 g/mol. The molecule has 1 saturated heterocycles. The Bertz CT molecular complexity index is 1570. The van der Waals surface area contributed by atoms with E-state index in [-0.39, 0.29) is 48.7 Å². The third-order valence-electron chi connectivity index (χ3n) is 8.88. The Labute approximate surface area is 263 Å². The Morgan fingerprint density at radius 3 is 2.69 bits per heavy atom. The van der Waals surface area contributed by atoms with Crippen molar-refractivity contribution in [2.45, 2.75) is 77.9 Å². The zero-order valence-electron chi connectivity index (χ0n) is 26.4. The van der Waals surface area contributed by atoms with Crippen molar-refractivity contribution in [2.24, 2.45) is 5.92 Å². The fraction of sp³-hybridized carbons (Fsp3) is 0.500. The molecule has 0 spiro atoms. The first-order valence-electron chi connectivity index (χ1n) is 16.0. The van der Waals surface area contributed by atoms with E-state index in [1.807, 2.05) is 45.0 Å². The maximum Gasteiger partial charge on any atom is 0.257 e. The van der Waals surface area contributed by atoms with Crippen LogP contribution in [0.3, 0.4) is 0 Å². The van der Waals surface area contributed by atoms with Gasteiger partial charge in [0.15, 0.2) is 0 Å². The van der Waals surface area contributed by atoms with Crippen molar-refractivity contribution >= 4 is 34.7 Å². The first-order valence-corrected chi connectivity index (χ1v) is 16.0. The number of amides is 4. The van der Waals surface area contributed by atoms with Crippen molar-refractivity contribution in [1.29, 1.82) is 0 Å². The third-order valence-corrected chi connectivity index (χ3v) is 8.88. The molecule has 45 heavy (non-hydrogen) atoms. The predicted octanol–water partition coefficient (Wildman–Crippen LogP) is 3.46. The average Bonchev–Trinajstić information content (AvgIpc) is 3.66. The molecule has 2 atom stereocenters. The number of rotatable bonds is 5. The molecular formula is C34H43FN6O4. The number of nitrogens with one attached hydrogen (secondary N) is 2. The summed E-state index contributed by atoms with van der Waals surface area (Å²) in [6.45, 7) is 7.04. The van der Waals surface area contributed by atoms with Gasteiger partial charge in [-0.3, -0.25) is 19.2 Å². The van der Waals surface area contributed by atoms with Crippen LogP contribution in [0, 0.1) is 11.7 Å². The number of nitrogens with zero attached hydrogens (tertiary/aromatic N) is 4. The maximum atomic E-state index is 14.8. The van der Waals surface area contributed by atoms with Crippen LogP contribution in [-0.4, -0.2) is 81.2 Å². The van der Waals surface area contributed by atoms with Crippen molar-refractivity contribution in [3.8, 4) is 0 Å². The minimum Gasteiger partial charge on any atom is -0.355 e. The van der Waals surface area contributed by atoms with Gasteiger partial charge in [0.2, 0.25) is 17.7 Å². The van der Waals surface area contributed by atoms with E-state index in [1.165, 1.54) is 15.9 Å². The van der Waals surface area contributed by atoms with Crippen molar-refractivity contribution in [3.63, 3.8) is 0 Å². The normalized spacial score (nSPS) is 20.2. The zero-order valence-corrected chi connectivity index (χ0v) is 26.4. The van der Waals surface area contributed by atoms with Crippen molar-refractivity contribution < 1.29 is 23.6 Å². The van der Waals surface area contributed by atoms with Gasteiger partial charge in [-0.2, -0.15) is 0 Å². The molecule has 2 aliphatic heterocycles. The van der Waals surface area contributed by atoms with Gasteiger partial charge >= 0.3 is 0 Å². The van der Waals surface area contributed by atoms with Crippen LogP contribution in [0.2, 0.25) is 0 Å². The molecule has 10 nitrogen and oxygen atoms in total. The van der Waals surface area contributed by atoms with E-state index in [0.29, 0.717) is 51.7 Å². The van der Waals surface area contributed by atoms with E-state index in [1.54, 1.807) is 12.1 Å². The topological polar surface area (TPSA) is 117 Å². The standard InChI is InChI=1S/C34H43FN6O4/c1-4-30-37-26-10-5-6-11-28(26)40(30)18-15-32(43)39-20-27(22(2)3)38-33(44)29-12-8-17-41(29)34(45)24-19-23(13-14-25(24)35)9-7-16-36-31(42)21-39/h5-6,10-11,13-14,19,22,27,29H,4,7-9,12,15-18,20-21H2,1-3H3,(H,36,42)(H,38,44)/t27-,29-/m0/s1. The van der Waals surface area contributed by atoms with E-state index in [0.717, 1.165) is 22.4 Å². The number of halogens is 1. The average molecular weight is 619 g/mol. The van der Waals surface area contributed by atoms with Gasteiger partial charge in [-0.05, 0) is 61.4 Å². The summed E-state index contributed by atoms with van der Waals surface area (Å²) in [6, 6.07) is 11.1. The molecule has 1 fully saturated rings. The van der Waals surface area contributed by atoms with Gasteiger partial charge in [0.05, 0.1) is 23.1 Å². The number of hydrogen-bond donors (Lipinski definition) is 2. The maximum absolute atomic E-state index is 14.8. The van der Waals surface area contributed by atoms with E-state index < -0.39 is 23.8 Å². The number of aryl methyl sites for hydroxylation is 3. The van der Waals surface area contributed by atoms with Crippen LogP contribution < -0.4 is 10.6 Å². The highest BCUT2D eigenvalue weighted by Gasteiger charge is 2.37. The summed E-state index contributed by atoms with van der Waals surface area (Å²) in [5.41, 5.74) is 2.55. The molecule has 3 aromatic rings. The summed E-state index contributed by atoms with van der Waals surface area (Å²) < 4.78 is 16.9. The monoisotopic (exact) mass is 618 g/mol. The summed E-state index contributed by atoms with van der Waals surface area (Å²) >= 11 is 0. The molecule has 0 radical (unpaired) electrons. The highest BCUT2D eigenvalue weighted by Crippen LogP contribution is 2.24. The van der Waals surface area contributed by atoms with Gasteiger partial charge in [0.25, 0.3) is 5.91 Å². The molecule has 0 saturated carbocycles. The van der Waals surface area contributed by atoms with E-state index in [9.17, 15) is 23.6 Å². The first kappa shape index (κ1) is 32.1. The lowest BCUT2D eigenvalue weighted by Crippen LogP contribution is -2.55. The van der Waals surface area contributed by atoms with Crippen molar-refractivity contribution in [3.05, 3.63) is 65.2 Å². The lowest BCUT2D eigenvalue weighted by Gasteiger charge is -2.32. The molecule has 240 valence electrons. The molecule has 2 aromatic carbocycles. The molecule has 0 unspecified atom stereocenters. The van der Waals surface area contributed by atoms with Gasteiger partial charge in [-0.1, -0.05) is 39.0 Å². The summed E-state index contributed by atoms with van der Waals surface area (Å²) in [4.78, 5) is 61.7. The Morgan fingerprint density at radius 2 is 1.91 bits per heavy atom. The fourth-order valence-corrected chi connectivity index (χ4v) is 6.28. The van der Waals surface area contributed by atoms with E-state index >= 15 is 0 Å². The summed E-state index contributed by atoms with van der Waals surface area (Å²) in [5, 5.41) is 5.97. The molecule has 1 aromatic heterocycles. The lowest BCUT2D eigenvalue weighted by molar-refractivity contribution is -0.137. The number of fused-ring (bicyclic) bond motifs is 4. The Hall–Kier alpha value is -4.28. The molecule has 2 bridgehead atoms. The molecule has 5 rings (SSSR count). The number of carbonyl (C=O) groups excluding carboxylic acids is 4. The Balaban J connectivity index is 1.39. The minimum atomic E-state index is -0.744. The van der Waals surface area contributed by atoms with Crippen LogP contribution in [0.25, 0.3) is 11.0 Å². The van der Waals surface area contributed by atoms with Gasteiger partial charge in [-0.25, -0.2) is 9.37 Å². The number of imidazole rings is 1. The first-order chi connectivity index (χ1) is 21.7. The molecule has 2 aliphatic rings. The van der Waals surface area contributed by atoms with Crippen LogP contribution in [0.1, 0.15) is 68.2 Å². The molecule has 2 N–H and O–H groups in total. The number of benzene rings is 2. The number of para-hydroxylation sites is 2. The molecule has 3 heterocycles. The second-order valence-electron chi connectivity index (χ2n) is 12.3. The van der Waals surface area contributed by atoms with Crippen LogP contribution in [0.5, 0.6) is 0 Å². The summed E-state index contributed by atoms with van der Waals surface area (Å²) in [6.07, 6.45) is 3.08. The predicted molar refractivity (Wildman–Crippen MR) is 169 cm³/mol. The second-order valence-corrected chi connectivity index (χ2v) is 12.3. The van der Waals surface area contributed by atoms with Gasteiger partial charge in [-0.15, -0.1) is 0 Å². The van der Waals surface area contributed by atoms with Crippen LogP contribution in [-0.2, 0) is 33.8 Å². The van der Waals surface area contributed by atoms with Gasteiger partial charge in [0.1, 0.15) is 17.7 Å². The van der Waals surface area contributed by atoms with Gasteiger partial charge < -0.3 is 25.0 Å². The van der Waals surface area contributed by atoms with E-state index in [4.69, 9.17) is 4.98 Å². The fourth-order valence-electron chi connectivity index (χ4n) is 6.28. The van der Waals surface area contributed by atoms with Crippen LogP contribution in [0.15, 0.2) is 42.5 Å². The number of hydrogen-bond acceptors (Lipinski definition) is 5. The lowest BCUT2D eigenvalue weighted by atomic mass is 10.0. The number of aromatic nitrogens is 2. The smallest absolute Gasteiger partial charge is 0.257 e. The zero-order chi connectivity index (χ0) is 32.1. The quantitative estimate of drug-likeness (QED) is 0.455. The minimum absolute atomic E-state index is 0.0466. The largest absolute Gasteiger partial charge is 0.355 e. The van der Waals surface area contributed by atoms with Gasteiger partial charge in [0, 0.05) is 45.1 Å². The van der Waals surface area contributed by atoms with Crippen molar-refractivity contribution in [1.82, 2.24) is 30.0 Å². The summed E-state index contributed by atoms with van der Waals surface area (Å²) in [5.74, 6) is -1.13. The SMILES string of the molecule is CCc1nc2ccccc2n1CCC(=O)N1CC(=O)NCCCc2ccc(F)c(c2)C(=O)N2CCC[C@H]2C(=O)N[C@H](C(C)C)C1. The highest BCUT2D eigenvalue weighted by molar-refractivity contribution is 5.98. The Morgan fingerprint density at radius 1 is 1.11 bits per heavy atom.